The molecule has 2 aromatic carbocycles. The zero-order valence-corrected chi connectivity index (χ0v) is 27.9. The van der Waals surface area contributed by atoms with Gasteiger partial charge in [0.1, 0.15) is 22.8 Å². The lowest BCUT2D eigenvalue weighted by Gasteiger charge is -2.44. The van der Waals surface area contributed by atoms with Crippen LogP contribution >= 0.6 is 11.6 Å². The maximum Gasteiger partial charge on any atom is 0.338 e. The topological polar surface area (TPSA) is 110 Å². The Kier molecular flexibility index (Phi) is 8.06. The molecule has 0 bridgehead atoms. The molecule has 4 aliphatic heterocycles. The molecule has 0 aliphatic carbocycles. The Labute approximate surface area is 283 Å². The molecule has 1 unspecified atom stereocenters. The van der Waals surface area contributed by atoms with E-state index in [0.717, 1.165) is 49.6 Å². The number of rotatable bonds is 8. The summed E-state index contributed by atoms with van der Waals surface area (Å²) < 4.78 is 38.1. The van der Waals surface area contributed by atoms with Gasteiger partial charge in [0.15, 0.2) is 11.5 Å². The van der Waals surface area contributed by atoms with Crippen LogP contribution in [0.2, 0.25) is 5.02 Å². The average molecular weight is 676 g/mol. The Morgan fingerprint density at radius 1 is 1.10 bits per heavy atom. The summed E-state index contributed by atoms with van der Waals surface area (Å²) in [5.74, 6) is 1.30. The van der Waals surface area contributed by atoms with Crippen LogP contribution in [0.3, 0.4) is 0 Å². The molecule has 4 aromatic rings. The van der Waals surface area contributed by atoms with Gasteiger partial charge in [0.2, 0.25) is 0 Å². The molecule has 2 aromatic heterocycles. The first kappa shape index (κ1) is 31.2. The highest BCUT2D eigenvalue weighted by molar-refractivity contribution is 6.30. The summed E-state index contributed by atoms with van der Waals surface area (Å²) >= 11 is 6.10. The number of imidazole rings is 1. The van der Waals surface area contributed by atoms with Crippen LogP contribution in [0.15, 0.2) is 48.7 Å². The Hall–Kier alpha value is -4.10. The third-order valence-corrected chi connectivity index (χ3v) is 10.1. The van der Waals surface area contributed by atoms with Gasteiger partial charge >= 0.3 is 5.97 Å². The van der Waals surface area contributed by atoms with Crippen molar-refractivity contribution in [2.24, 2.45) is 0 Å². The van der Waals surface area contributed by atoms with Gasteiger partial charge in [-0.15, -0.1) is 0 Å². The van der Waals surface area contributed by atoms with E-state index in [1.807, 2.05) is 31.2 Å². The molecular formula is C35H38ClN5O7. The second-order valence-electron chi connectivity index (χ2n) is 12.8. The van der Waals surface area contributed by atoms with Gasteiger partial charge in [-0.1, -0.05) is 17.7 Å². The zero-order chi connectivity index (χ0) is 33.0. The lowest BCUT2D eigenvalue weighted by molar-refractivity contribution is -0.0716. The quantitative estimate of drug-likeness (QED) is 0.241. The molecular weight excluding hydrogens is 638 g/mol. The van der Waals surface area contributed by atoms with E-state index in [1.54, 1.807) is 25.4 Å². The van der Waals surface area contributed by atoms with Crippen LogP contribution in [0.4, 0.5) is 5.69 Å². The number of anilines is 1. The zero-order valence-electron chi connectivity index (χ0n) is 27.2. The number of fused-ring (bicyclic) bond motifs is 3. The SMILES string of the molecule is COC(=O)c1cc(OC)c2nc(CN3CCN(c4cccc5c4OC(C)(c4ccc(Cl)cn4)O5)[C@@H]4COC[C@@H]43)n(C[C@@H]3CCCO3)c2c1. The number of piperazine rings is 1. The first-order valence-electron chi connectivity index (χ1n) is 16.3. The Morgan fingerprint density at radius 3 is 2.75 bits per heavy atom. The van der Waals surface area contributed by atoms with E-state index in [0.29, 0.717) is 65.3 Å². The van der Waals surface area contributed by atoms with Gasteiger partial charge in [0, 0.05) is 32.8 Å². The van der Waals surface area contributed by atoms with E-state index < -0.39 is 11.8 Å². The van der Waals surface area contributed by atoms with Gasteiger partial charge < -0.3 is 37.9 Å². The molecule has 0 spiro atoms. The number of carbonyl (C=O) groups excluding carboxylic acids is 1. The van der Waals surface area contributed by atoms with Crippen molar-refractivity contribution in [1.82, 2.24) is 19.4 Å². The molecule has 252 valence electrons. The molecule has 6 heterocycles. The predicted octanol–water partition coefficient (Wildman–Crippen LogP) is 4.79. The van der Waals surface area contributed by atoms with E-state index >= 15 is 0 Å². The number of methoxy groups -OCH3 is 2. The summed E-state index contributed by atoms with van der Waals surface area (Å²) in [6.45, 7) is 6.58. The Bertz CT molecular complexity index is 1850. The van der Waals surface area contributed by atoms with Crippen molar-refractivity contribution in [2.45, 2.75) is 56.8 Å². The molecule has 12 nitrogen and oxygen atoms in total. The Balaban J connectivity index is 1.09. The third-order valence-electron chi connectivity index (χ3n) is 9.87. The van der Waals surface area contributed by atoms with Gasteiger partial charge in [-0.2, -0.15) is 0 Å². The van der Waals surface area contributed by atoms with Crippen molar-refractivity contribution >= 4 is 34.3 Å². The number of carbonyl (C=O) groups is 1. The standard InChI is InChI=1S/C35H38ClN5O7/c1-35(30-10-9-22(36)16-37-30)47-28-8-4-7-24(33(28)48-35)40-12-11-39(26-19-45-20-27(26)40)18-31-38-32-25(41(31)17-23-6-5-13-46-23)14-21(34(42)44-3)15-29(32)43-2/h4,7-10,14-16,23,26-27H,5-6,11-13,17-20H2,1-3H3/t23-,26-,27+,35?/m0/s1. The van der Waals surface area contributed by atoms with E-state index in [4.69, 9.17) is 45.0 Å². The fourth-order valence-corrected chi connectivity index (χ4v) is 7.57. The average Bonchev–Trinajstić information content (AvgIpc) is 3.91. The highest BCUT2D eigenvalue weighted by atomic mass is 35.5. The number of pyridine rings is 1. The lowest BCUT2D eigenvalue weighted by Crippen LogP contribution is -2.59. The minimum Gasteiger partial charge on any atom is -0.494 e. The van der Waals surface area contributed by atoms with Gasteiger partial charge in [0.05, 0.1) is 80.5 Å². The second-order valence-corrected chi connectivity index (χ2v) is 13.2. The number of halogens is 1. The minimum absolute atomic E-state index is 0.0736. The van der Waals surface area contributed by atoms with Crippen LogP contribution in [0.5, 0.6) is 17.2 Å². The third kappa shape index (κ3) is 5.40. The summed E-state index contributed by atoms with van der Waals surface area (Å²) in [6.07, 6.45) is 3.68. The van der Waals surface area contributed by atoms with Crippen LogP contribution < -0.4 is 19.1 Å². The molecule has 13 heteroatoms. The molecule has 0 saturated carbocycles. The highest BCUT2D eigenvalue weighted by Crippen LogP contribution is 2.50. The largest absolute Gasteiger partial charge is 0.494 e. The number of ether oxygens (including phenoxy) is 6. The number of hydrogen-bond donors (Lipinski definition) is 0. The number of para-hydroxylation sites is 1. The number of hydrogen-bond acceptors (Lipinski definition) is 11. The summed E-state index contributed by atoms with van der Waals surface area (Å²) in [5.41, 5.74) is 3.57. The van der Waals surface area contributed by atoms with Crippen molar-refractivity contribution in [3.05, 3.63) is 70.8 Å². The van der Waals surface area contributed by atoms with Crippen molar-refractivity contribution in [2.75, 3.05) is 52.0 Å². The molecule has 0 N–H and O–H groups in total. The fraction of sp³-hybridized carbons (Fsp3) is 0.457. The van der Waals surface area contributed by atoms with Crippen LogP contribution in [0.25, 0.3) is 11.0 Å². The lowest BCUT2D eigenvalue weighted by atomic mass is 10.0. The van der Waals surface area contributed by atoms with Crippen LogP contribution in [-0.2, 0) is 33.1 Å². The number of aromatic nitrogens is 3. The predicted molar refractivity (Wildman–Crippen MR) is 177 cm³/mol. The monoisotopic (exact) mass is 675 g/mol. The van der Waals surface area contributed by atoms with Gasteiger partial charge in [-0.25, -0.2) is 9.78 Å². The summed E-state index contributed by atoms with van der Waals surface area (Å²) in [6, 6.07) is 13.4. The molecule has 3 fully saturated rings. The van der Waals surface area contributed by atoms with E-state index in [-0.39, 0.29) is 18.2 Å². The fourth-order valence-electron chi connectivity index (χ4n) is 7.46. The van der Waals surface area contributed by atoms with Crippen molar-refractivity contribution < 1.29 is 33.2 Å². The van der Waals surface area contributed by atoms with Gasteiger partial charge in [0.25, 0.3) is 5.79 Å². The van der Waals surface area contributed by atoms with Gasteiger partial charge in [-0.3, -0.25) is 9.88 Å². The first-order valence-corrected chi connectivity index (χ1v) is 16.7. The van der Waals surface area contributed by atoms with Crippen LogP contribution in [-0.4, -0.2) is 90.7 Å². The number of benzene rings is 2. The molecule has 4 atom stereocenters. The van der Waals surface area contributed by atoms with Crippen LogP contribution in [0, 0.1) is 0 Å². The van der Waals surface area contributed by atoms with Gasteiger partial charge in [-0.05, 0) is 49.2 Å². The smallest absolute Gasteiger partial charge is 0.338 e. The van der Waals surface area contributed by atoms with Crippen LogP contribution in [0.1, 0.15) is 41.6 Å². The summed E-state index contributed by atoms with van der Waals surface area (Å²) in [7, 11) is 2.98. The Morgan fingerprint density at radius 2 is 1.98 bits per heavy atom. The van der Waals surface area contributed by atoms with Crippen molar-refractivity contribution in [3.63, 3.8) is 0 Å². The number of nitrogens with zero attached hydrogens (tertiary/aromatic N) is 5. The normalized spacial score (nSPS) is 25.1. The molecule has 0 radical (unpaired) electrons. The maximum atomic E-state index is 12.6. The summed E-state index contributed by atoms with van der Waals surface area (Å²) in [5, 5.41) is 0.552. The van der Waals surface area contributed by atoms with E-state index in [2.05, 4.69) is 25.4 Å². The minimum atomic E-state index is -1.08. The molecule has 4 aliphatic rings. The van der Waals surface area contributed by atoms with E-state index in [1.165, 1.54) is 7.11 Å². The first-order chi connectivity index (χ1) is 23.3. The van der Waals surface area contributed by atoms with Crippen molar-refractivity contribution in [3.8, 4) is 17.2 Å². The summed E-state index contributed by atoms with van der Waals surface area (Å²) in [4.78, 5) is 27.0. The highest BCUT2D eigenvalue weighted by Gasteiger charge is 2.46. The molecule has 0 amide bonds. The molecule has 48 heavy (non-hydrogen) atoms. The second kappa shape index (κ2) is 12.4. The molecule has 8 rings (SSSR count). The number of esters is 1. The maximum absolute atomic E-state index is 12.6. The van der Waals surface area contributed by atoms with E-state index in [9.17, 15) is 4.79 Å². The molecule has 3 saturated heterocycles. The van der Waals surface area contributed by atoms with Crippen molar-refractivity contribution in [1.29, 1.82) is 0 Å².